The van der Waals surface area contributed by atoms with E-state index in [-0.39, 0.29) is 11.8 Å². The lowest BCUT2D eigenvalue weighted by Gasteiger charge is -2.18. The number of aromatic nitrogens is 1. The topological polar surface area (TPSA) is 42.0 Å². The second-order valence-electron chi connectivity index (χ2n) is 5.69. The van der Waals surface area contributed by atoms with E-state index in [4.69, 9.17) is 0 Å². The van der Waals surface area contributed by atoms with Crippen LogP contribution in [0.4, 0.5) is 0 Å². The molecule has 3 nitrogen and oxygen atoms in total. The molecule has 1 atom stereocenters. The zero-order valence-electron chi connectivity index (χ0n) is 12.0. The SMILES string of the molecule is O=C(NCC(Cc1ccncc1)c1ccccc1)C1CC1. The van der Waals surface area contributed by atoms with Gasteiger partial charge in [-0.2, -0.15) is 0 Å². The van der Waals surface area contributed by atoms with Crippen molar-refractivity contribution in [2.24, 2.45) is 5.92 Å². The van der Waals surface area contributed by atoms with Crippen LogP contribution in [0.25, 0.3) is 0 Å². The molecule has 0 spiro atoms. The van der Waals surface area contributed by atoms with Crippen LogP contribution in [0.15, 0.2) is 54.9 Å². The van der Waals surface area contributed by atoms with E-state index in [0.29, 0.717) is 12.5 Å². The number of nitrogens with one attached hydrogen (secondary N) is 1. The quantitative estimate of drug-likeness (QED) is 0.884. The van der Waals surface area contributed by atoms with Crippen molar-refractivity contribution in [2.75, 3.05) is 6.54 Å². The fraction of sp³-hybridized carbons (Fsp3) is 0.333. The molecule has 1 aliphatic carbocycles. The van der Waals surface area contributed by atoms with Crippen LogP contribution >= 0.6 is 0 Å². The van der Waals surface area contributed by atoms with Crippen LogP contribution in [0.2, 0.25) is 0 Å². The maximum atomic E-state index is 11.9. The standard InChI is InChI=1S/C18H20N2O/c21-18(16-6-7-16)20-13-17(15-4-2-1-3-5-15)12-14-8-10-19-11-9-14/h1-5,8-11,16-17H,6-7,12-13H2,(H,20,21). The van der Waals surface area contributed by atoms with Crippen molar-refractivity contribution in [1.29, 1.82) is 0 Å². The summed E-state index contributed by atoms with van der Waals surface area (Å²) in [5, 5.41) is 3.11. The summed E-state index contributed by atoms with van der Waals surface area (Å²) in [7, 11) is 0. The van der Waals surface area contributed by atoms with Gasteiger partial charge in [-0.15, -0.1) is 0 Å². The van der Waals surface area contributed by atoms with E-state index in [2.05, 4.69) is 34.6 Å². The molecule has 0 aliphatic heterocycles. The highest BCUT2D eigenvalue weighted by Crippen LogP contribution is 2.29. The van der Waals surface area contributed by atoms with Gasteiger partial charge in [-0.25, -0.2) is 0 Å². The lowest BCUT2D eigenvalue weighted by molar-refractivity contribution is -0.122. The number of amides is 1. The van der Waals surface area contributed by atoms with E-state index < -0.39 is 0 Å². The molecule has 21 heavy (non-hydrogen) atoms. The average Bonchev–Trinajstić information content (AvgIpc) is 3.38. The van der Waals surface area contributed by atoms with Gasteiger partial charge in [0.15, 0.2) is 0 Å². The molecule has 1 aromatic heterocycles. The van der Waals surface area contributed by atoms with Crippen LogP contribution in [0.3, 0.4) is 0 Å². The van der Waals surface area contributed by atoms with Gasteiger partial charge in [0.05, 0.1) is 0 Å². The largest absolute Gasteiger partial charge is 0.355 e. The Hall–Kier alpha value is -2.16. The summed E-state index contributed by atoms with van der Waals surface area (Å²) in [5.41, 5.74) is 2.52. The Balaban J connectivity index is 1.69. The van der Waals surface area contributed by atoms with E-state index in [1.807, 2.05) is 30.6 Å². The van der Waals surface area contributed by atoms with Gasteiger partial charge >= 0.3 is 0 Å². The van der Waals surface area contributed by atoms with Gasteiger partial charge in [0.1, 0.15) is 0 Å². The van der Waals surface area contributed by atoms with Crippen molar-refractivity contribution < 1.29 is 4.79 Å². The normalized spacial score (nSPS) is 15.4. The van der Waals surface area contributed by atoms with Crippen molar-refractivity contribution in [1.82, 2.24) is 10.3 Å². The zero-order valence-corrected chi connectivity index (χ0v) is 12.0. The lowest BCUT2D eigenvalue weighted by Crippen LogP contribution is -2.30. The van der Waals surface area contributed by atoms with Gasteiger partial charge in [-0.3, -0.25) is 9.78 Å². The number of benzene rings is 1. The molecule has 0 saturated heterocycles. The summed E-state index contributed by atoms with van der Waals surface area (Å²) >= 11 is 0. The number of carbonyl (C=O) groups excluding carboxylic acids is 1. The van der Waals surface area contributed by atoms with Crippen LogP contribution < -0.4 is 5.32 Å². The summed E-state index contributed by atoms with van der Waals surface area (Å²) in [4.78, 5) is 15.9. The van der Waals surface area contributed by atoms with E-state index in [9.17, 15) is 4.79 Å². The van der Waals surface area contributed by atoms with Gasteiger partial charge < -0.3 is 5.32 Å². The molecule has 1 amide bonds. The van der Waals surface area contributed by atoms with E-state index in [1.54, 1.807) is 0 Å². The summed E-state index contributed by atoms with van der Waals surface area (Å²) < 4.78 is 0. The molecule has 1 N–H and O–H groups in total. The molecular formula is C18H20N2O. The fourth-order valence-corrected chi connectivity index (χ4v) is 2.55. The second-order valence-corrected chi connectivity index (χ2v) is 5.69. The first-order valence-electron chi connectivity index (χ1n) is 7.54. The molecule has 1 aromatic carbocycles. The predicted octanol–water partition coefficient (Wildman–Crippen LogP) is 2.93. The lowest BCUT2D eigenvalue weighted by atomic mass is 9.92. The molecule has 1 heterocycles. The Morgan fingerprint density at radius 3 is 2.52 bits per heavy atom. The molecule has 1 fully saturated rings. The molecule has 0 bridgehead atoms. The molecule has 0 radical (unpaired) electrons. The molecular weight excluding hydrogens is 260 g/mol. The minimum atomic E-state index is 0.214. The molecule has 108 valence electrons. The number of pyridine rings is 1. The first-order chi connectivity index (χ1) is 10.3. The highest BCUT2D eigenvalue weighted by molar-refractivity contribution is 5.80. The highest BCUT2D eigenvalue weighted by Gasteiger charge is 2.29. The summed E-state index contributed by atoms with van der Waals surface area (Å²) in [6.07, 6.45) is 6.65. The molecule has 3 heteroatoms. The summed E-state index contributed by atoms with van der Waals surface area (Å²) in [6, 6.07) is 14.5. The Morgan fingerprint density at radius 1 is 1.14 bits per heavy atom. The second kappa shape index (κ2) is 6.53. The van der Waals surface area contributed by atoms with E-state index in [0.717, 1.165) is 19.3 Å². The summed E-state index contributed by atoms with van der Waals surface area (Å²) in [6.45, 7) is 0.696. The molecule has 3 rings (SSSR count). The van der Waals surface area contributed by atoms with Crippen molar-refractivity contribution in [3.05, 3.63) is 66.0 Å². The number of nitrogens with zero attached hydrogens (tertiary/aromatic N) is 1. The van der Waals surface area contributed by atoms with Crippen LogP contribution in [0, 0.1) is 5.92 Å². The highest BCUT2D eigenvalue weighted by atomic mass is 16.2. The van der Waals surface area contributed by atoms with Crippen molar-refractivity contribution in [2.45, 2.75) is 25.2 Å². The molecule has 1 unspecified atom stereocenters. The van der Waals surface area contributed by atoms with Gasteiger partial charge in [0, 0.05) is 30.8 Å². The molecule has 1 aliphatic rings. The third kappa shape index (κ3) is 3.91. The van der Waals surface area contributed by atoms with Gasteiger partial charge in [0.25, 0.3) is 0 Å². The number of hydrogen-bond donors (Lipinski definition) is 1. The van der Waals surface area contributed by atoms with Crippen molar-refractivity contribution in [3.63, 3.8) is 0 Å². The Labute approximate surface area is 125 Å². The first-order valence-corrected chi connectivity index (χ1v) is 7.54. The Kier molecular flexibility index (Phi) is 4.29. The maximum Gasteiger partial charge on any atom is 0.223 e. The summed E-state index contributed by atoms with van der Waals surface area (Å²) in [5.74, 6) is 0.782. The monoisotopic (exact) mass is 280 g/mol. The van der Waals surface area contributed by atoms with Gasteiger partial charge in [-0.1, -0.05) is 30.3 Å². The zero-order chi connectivity index (χ0) is 14.5. The van der Waals surface area contributed by atoms with Gasteiger partial charge in [-0.05, 0) is 42.5 Å². The van der Waals surface area contributed by atoms with Gasteiger partial charge in [0.2, 0.25) is 5.91 Å². The first kappa shape index (κ1) is 13.8. The minimum absolute atomic E-state index is 0.214. The van der Waals surface area contributed by atoms with E-state index in [1.165, 1.54) is 11.1 Å². The third-order valence-electron chi connectivity index (χ3n) is 3.97. The smallest absolute Gasteiger partial charge is 0.223 e. The van der Waals surface area contributed by atoms with Crippen LogP contribution in [-0.2, 0) is 11.2 Å². The van der Waals surface area contributed by atoms with Crippen molar-refractivity contribution >= 4 is 5.91 Å². The number of carbonyl (C=O) groups is 1. The molecule has 1 saturated carbocycles. The van der Waals surface area contributed by atoms with Crippen molar-refractivity contribution in [3.8, 4) is 0 Å². The maximum absolute atomic E-state index is 11.9. The molecule has 2 aromatic rings. The van der Waals surface area contributed by atoms with Crippen LogP contribution in [0.5, 0.6) is 0 Å². The Morgan fingerprint density at radius 2 is 1.86 bits per heavy atom. The number of rotatable bonds is 6. The van der Waals surface area contributed by atoms with E-state index >= 15 is 0 Å². The van der Waals surface area contributed by atoms with Crippen LogP contribution in [0.1, 0.15) is 29.9 Å². The predicted molar refractivity (Wildman–Crippen MR) is 82.9 cm³/mol. The van der Waals surface area contributed by atoms with Crippen LogP contribution in [-0.4, -0.2) is 17.4 Å². The fourth-order valence-electron chi connectivity index (χ4n) is 2.55. The number of hydrogen-bond acceptors (Lipinski definition) is 2. The average molecular weight is 280 g/mol. The Bertz CT molecular complexity index is 579. The minimum Gasteiger partial charge on any atom is -0.355 e. The third-order valence-corrected chi connectivity index (χ3v) is 3.97.